The second-order valence-electron chi connectivity index (χ2n) is 5.79. The molecule has 6 heteroatoms. The first-order valence-electron chi connectivity index (χ1n) is 8.23. The monoisotopic (exact) mass is 361 g/mol. The number of thiazole rings is 1. The van der Waals surface area contributed by atoms with Crippen molar-refractivity contribution in [2.75, 3.05) is 6.54 Å². The molecule has 26 heavy (non-hydrogen) atoms. The van der Waals surface area contributed by atoms with Gasteiger partial charge in [0.2, 0.25) is 0 Å². The minimum absolute atomic E-state index is 0.218. The third kappa shape index (κ3) is 3.07. The van der Waals surface area contributed by atoms with Crippen LogP contribution >= 0.6 is 11.3 Å². The third-order valence-electron chi connectivity index (χ3n) is 4.09. The molecule has 5 nitrogen and oxygen atoms in total. The predicted molar refractivity (Wildman–Crippen MR) is 101 cm³/mol. The van der Waals surface area contributed by atoms with E-state index in [9.17, 15) is 9.59 Å². The van der Waals surface area contributed by atoms with Crippen LogP contribution in [0.5, 0.6) is 0 Å². The Labute approximate surface area is 154 Å². The fourth-order valence-electron chi connectivity index (χ4n) is 2.82. The minimum Gasteiger partial charge on any atom is -0.274 e. The minimum atomic E-state index is -0.218. The number of hydrogen-bond donors (Lipinski definition) is 0. The lowest BCUT2D eigenvalue weighted by atomic mass is 10.1. The molecule has 3 heterocycles. The lowest BCUT2D eigenvalue weighted by molar-refractivity contribution is 0.0657. The van der Waals surface area contributed by atoms with Crippen LogP contribution in [-0.4, -0.2) is 33.2 Å². The third-order valence-corrected chi connectivity index (χ3v) is 4.98. The molecule has 3 aromatic rings. The molecule has 0 bridgehead atoms. The number of benzene rings is 1. The number of aromatic nitrogens is 2. The summed E-state index contributed by atoms with van der Waals surface area (Å²) in [6, 6.07) is 12.7. The van der Waals surface area contributed by atoms with E-state index in [1.165, 1.54) is 16.2 Å². The van der Waals surface area contributed by atoms with Crippen molar-refractivity contribution in [1.82, 2.24) is 14.9 Å². The number of pyridine rings is 1. The fourth-order valence-corrected chi connectivity index (χ4v) is 3.58. The van der Waals surface area contributed by atoms with Crippen LogP contribution in [0.3, 0.4) is 0 Å². The Bertz CT molecular complexity index is 960. The SMILES string of the molecule is O=C1c2ccccc2C(=O)N1CC/C=C/c1csc(-c2ccccn2)n1. The maximum Gasteiger partial charge on any atom is 0.261 e. The van der Waals surface area contributed by atoms with Crippen molar-refractivity contribution in [3.05, 3.63) is 76.9 Å². The van der Waals surface area contributed by atoms with E-state index in [0.29, 0.717) is 24.1 Å². The highest BCUT2D eigenvalue weighted by Gasteiger charge is 2.34. The van der Waals surface area contributed by atoms with Crippen molar-refractivity contribution in [3.63, 3.8) is 0 Å². The Morgan fingerprint density at radius 2 is 1.73 bits per heavy atom. The molecule has 0 N–H and O–H groups in total. The Hall–Kier alpha value is -3.12. The average molecular weight is 361 g/mol. The van der Waals surface area contributed by atoms with Crippen LogP contribution in [0.2, 0.25) is 0 Å². The molecule has 0 radical (unpaired) electrons. The van der Waals surface area contributed by atoms with Crippen LogP contribution in [0.4, 0.5) is 0 Å². The van der Waals surface area contributed by atoms with Crippen LogP contribution in [0.25, 0.3) is 16.8 Å². The van der Waals surface area contributed by atoms with Gasteiger partial charge < -0.3 is 0 Å². The molecule has 1 aliphatic heterocycles. The van der Waals surface area contributed by atoms with E-state index >= 15 is 0 Å². The van der Waals surface area contributed by atoms with Crippen LogP contribution in [-0.2, 0) is 0 Å². The van der Waals surface area contributed by atoms with Crippen molar-refractivity contribution in [1.29, 1.82) is 0 Å². The second kappa shape index (κ2) is 7.01. The summed E-state index contributed by atoms with van der Waals surface area (Å²) in [7, 11) is 0. The summed E-state index contributed by atoms with van der Waals surface area (Å²) < 4.78 is 0. The molecule has 0 atom stereocenters. The summed E-state index contributed by atoms with van der Waals surface area (Å²) in [6.45, 7) is 0.361. The number of imide groups is 1. The van der Waals surface area contributed by atoms with Crippen molar-refractivity contribution < 1.29 is 9.59 Å². The molecular formula is C20H15N3O2S. The van der Waals surface area contributed by atoms with Gasteiger partial charge in [0.15, 0.2) is 0 Å². The van der Waals surface area contributed by atoms with Gasteiger partial charge in [0.1, 0.15) is 5.01 Å². The number of rotatable bonds is 5. The summed E-state index contributed by atoms with van der Waals surface area (Å²) in [5, 5.41) is 2.83. The summed E-state index contributed by atoms with van der Waals surface area (Å²) >= 11 is 1.53. The summed E-state index contributed by atoms with van der Waals surface area (Å²) in [6.07, 6.45) is 6.16. The highest BCUT2D eigenvalue weighted by Crippen LogP contribution is 2.23. The van der Waals surface area contributed by atoms with Crippen molar-refractivity contribution in [2.45, 2.75) is 6.42 Å². The van der Waals surface area contributed by atoms with E-state index in [0.717, 1.165) is 16.4 Å². The van der Waals surface area contributed by atoms with E-state index in [4.69, 9.17) is 0 Å². The van der Waals surface area contributed by atoms with Gasteiger partial charge in [-0.15, -0.1) is 11.3 Å². The maximum atomic E-state index is 12.3. The summed E-state index contributed by atoms with van der Waals surface area (Å²) in [5.74, 6) is -0.435. The molecule has 0 fully saturated rings. The molecule has 0 saturated carbocycles. The van der Waals surface area contributed by atoms with Crippen LogP contribution in [0.1, 0.15) is 32.8 Å². The van der Waals surface area contributed by atoms with Crippen LogP contribution in [0.15, 0.2) is 60.1 Å². The number of nitrogens with zero attached hydrogens (tertiary/aromatic N) is 3. The molecule has 2 aromatic heterocycles. The molecule has 0 saturated heterocycles. The first-order chi connectivity index (χ1) is 12.7. The predicted octanol–water partition coefficient (Wildman–Crippen LogP) is 3.90. The van der Waals surface area contributed by atoms with Gasteiger partial charge in [0.25, 0.3) is 11.8 Å². The molecule has 128 valence electrons. The van der Waals surface area contributed by atoms with Crippen LogP contribution in [0, 0.1) is 0 Å². The van der Waals surface area contributed by atoms with Crippen molar-refractivity contribution in [2.24, 2.45) is 0 Å². The van der Waals surface area contributed by atoms with Gasteiger partial charge in [-0.3, -0.25) is 19.5 Å². The van der Waals surface area contributed by atoms with Crippen LogP contribution < -0.4 is 0 Å². The molecule has 0 aliphatic carbocycles. The van der Waals surface area contributed by atoms with E-state index in [1.54, 1.807) is 30.5 Å². The van der Waals surface area contributed by atoms with Gasteiger partial charge in [-0.1, -0.05) is 24.3 Å². The topological polar surface area (TPSA) is 63.2 Å². The first kappa shape index (κ1) is 16.4. The molecule has 1 aliphatic rings. The van der Waals surface area contributed by atoms with E-state index in [2.05, 4.69) is 9.97 Å². The molecule has 1 aromatic carbocycles. The zero-order valence-corrected chi connectivity index (χ0v) is 14.6. The van der Waals surface area contributed by atoms with Gasteiger partial charge in [0, 0.05) is 18.1 Å². The second-order valence-corrected chi connectivity index (χ2v) is 6.65. The quantitative estimate of drug-likeness (QED) is 0.647. The Balaban J connectivity index is 1.38. The smallest absolute Gasteiger partial charge is 0.261 e. The molecule has 2 amide bonds. The first-order valence-corrected chi connectivity index (χ1v) is 9.11. The lowest BCUT2D eigenvalue weighted by Gasteiger charge is -2.11. The average Bonchev–Trinajstić information content (AvgIpc) is 3.25. The van der Waals surface area contributed by atoms with Gasteiger partial charge >= 0.3 is 0 Å². The maximum absolute atomic E-state index is 12.3. The number of hydrogen-bond acceptors (Lipinski definition) is 5. The Morgan fingerprint density at radius 1 is 1.00 bits per heavy atom. The summed E-state index contributed by atoms with van der Waals surface area (Å²) in [5.41, 5.74) is 2.67. The molecule has 0 spiro atoms. The highest BCUT2D eigenvalue weighted by atomic mass is 32.1. The number of carbonyl (C=O) groups is 2. The number of fused-ring (bicyclic) bond motifs is 1. The largest absolute Gasteiger partial charge is 0.274 e. The van der Waals surface area contributed by atoms with Gasteiger partial charge in [-0.2, -0.15) is 0 Å². The van der Waals surface area contributed by atoms with Gasteiger partial charge in [-0.25, -0.2) is 4.98 Å². The number of carbonyl (C=O) groups excluding carboxylic acids is 2. The Kier molecular flexibility index (Phi) is 4.41. The zero-order chi connectivity index (χ0) is 17.9. The number of amides is 2. The zero-order valence-electron chi connectivity index (χ0n) is 13.8. The van der Waals surface area contributed by atoms with E-state index in [-0.39, 0.29) is 11.8 Å². The van der Waals surface area contributed by atoms with Gasteiger partial charge in [0.05, 0.1) is 22.5 Å². The normalized spacial score (nSPS) is 13.6. The van der Waals surface area contributed by atoms with Crippen molar-refractivity contribution in [3.8, 4) is 10.7 Å². The standard InChI is InChI=1S/C20H15N3O2S/c24-19-15-8-1-2-9-16(15)20(25)23(19)12-6-4-7-14-13-26-18(22-14)17-10-3-5-11-21-17/h1-5,7-11,13H,6,12H2/b7-4+. The summed E-state index contributed by atoms with van der Waals surface area (Å²) in [4.78, 5) is 34.7. The van der Waals surface area contributed by atoms with Crippen molar-refractivity contribution >= 4 is 29.2 Å². The van der Waals surface area contributed by atoms with E-state index in [1.807, 2.05) is 35.7 Å². The highest BCUT2D eigenvalue weighted by molar-refractivity contribution is 7.13. The molecular weight excluding hydrogens is 346 g/mol. The molecule has 4 rings (SSSR count). The Morgan fingerprint density at radius 3 is 2.42 bits per heavy atom. The van der Waals surface area contributed by atoms with Gasteiger partial charge in [-0.05, 0) is 36.8 Å². The lowest BCUT2D eigenvalue weighted by Crippen LogP contribution is -2.30. The molecule has 0 unspecified atom stereocenters. The van der Waals surface area contributed by atoms with E-state index < -0.39 is 0 Å². The fraction of sp³-hybridized carbons (Fsp3) is 0.100.